The van der Waals surface area contributed by atoms with Crippen LogP contribution in [0.25, 0.3) is 22.9 Å². The van der Waals surface area contributed by atoms with E-state index in [1.807, 2.05) is 42.5 Å². The molecule has 0 saturated heterocycles. The lowest BCUT2D eigenvalue weighted by Gasteiger charge is -1.93. The molecule has 0 atom stereocenters. The van der Waals surface area contributed by atoms with Crippen molar-refractivity contribution in [3.63, 3.8) is 0 Å². The molecular weight excluding hydrogens is 326 g/mol. The second kappa shape index (κ2) is 6.63. The van der Waals surface area contributed by atoms with Gasteiger partial charge in [-0.3, -0.25) is 4.98 Å². The Balaban J connectivity index is 1.43. The molecule has 0 N–H and O–H groups in total. The maximum absolute atomic E-state index is 5.64. The number of hydrogen-bond acceptors (Lipinski definition) is 8. The van der Waals surface area contributed by atoms with E-state index in [2.05, 4.69) is 25.4 Å². The molecule has 8 heteroatoms. The Bertz CT molecular complexity index is 846. The van der Waals surface area contributed by atoms with Gasteiger partial charge in [-0.05, 0) is 24.3 Å². The fourth-order valence-electron chi connectivity index (χ4n) is 2.01. The Morgan fingerprint density at radius 2 is 1.58 bits per heavy atom. The first-order valence-corrected chi connectivity index (χ1v) is 8.11. The molecule has 0 fully saturated rings. The minimum absolute atomic E-state index is 0.432. The zero-order valence-corrected chi connectivity index (χ0v) is 13.2. The minimum atomic E-state index is 0.432. The summed E-state index contributed by atoms with van der Waals surface area (Å²) in [5, 5.41) is 16.5. The van der Waals surface area contributed by atoms with Crippen LogP contribution in [0.15, 0.2) is 68.9 Å². The quantitative estimate of drug-likeness (QED) is 0.511. The molecule has 4 aromatic rings. The Morgan fingerprint density at radius 1 is 0.792 bits per heavy atom. The number of pyridine rings is 1. The molecule has 0 unspecified atom stereocenters. The third-order valence-electron chi connectivity index (χ3n) is 3.12. The largest absolute Gasteiger partial charge is 0.420 e. The van der Waals surface area contributed by atoms with Gasteiger partial charge in [0.15, 0.2) is 0 Å². The molecule has 0 saturated carbocycles. The van der Waals surface area contributed by atoms with Crippen LogP contribution < -0.4 is 0 Å². The molecule has 3 aromatic heterocycles. The van der Waals surface area contributed by atoms with Crippen molar-refractivity contribution in [1.82, 2.24) is 25.4 Å². The third kappa shape index (κ3) is 3.18. The van der Waals surface area contributed by atoms with Crippen LogP contribution in [0, 0.1) is 0 Å². The lowest BCUT2D eigenvalue weighted by atomic mass is 10.2. The molecule has 0 aliphatic heterocycles. The summed E-state index contributed by atoms with van der Waals surface area (Å²) < 4.78 is 11.2. The number of thioether (sulfide) groups is 1. The smallest absolute Gasteiger partial charge is 0.277 e. The van der Waals surface area contributed by atoms with E-state index in [1.165, 1.54) is 11.8 Å². The van der Waals surface area contributed by atoms with E-state index in [9.17, 15) is 0 Å². The van der Waals surface area contributed by atoms with Crippen LogP contribution in [0.4, 0.5) is 0 Å². The van der Waals surface area contributed by atoms with Crippen molar-refractivity contribution < 1.29 is 8.83 Å². The summed E-state index contributed by atoms with van der Waals surface area (Å²) in [6.07, 6.45) is 3.36. The van der Waals surface area contributed by atoms with Crippen molar-refractivity contribution in [2.75, 3.05) is 0 Å². The number of hydrogen-bond donors (Lipinski definition) is 0. The SMILES string of the molecule is c1ccc(-c2nnc(CSc3nnc(-c4cccnc4)o3)o2)cc1. The van der Waals surface area contributed by atoms with E-state index in [1.54, 1.807) is 12.4 Å². The van der Waals surface area contributed by atoms with Crippen LogP contribution in [0.1, 0.15) is 5.89 Å². The first kappa shape index (κ1) is 14.6. The molecule has 1 aromatic carbocycles. The van der Waals surface area contributed by atoms with Crippen molar-refractivity contribution in [3.05, 3.63) is 60.7 Å². The van der Waals surface area contributed by atoms with E-state index in [-0.39, 0.29) is 0 Å². The second-order valence-electron chi connectivity index (χ2n) is 4.77. The molecule has 0 aliphatic carbocycles. The Kier molecular flexibility index (Phi) is 4.03. The van der Waals surface area contributed by atoms with Gasteiger partial charge in [0.2, 0.25) is 17.7 Å². The monoisotopic (exact) mass is 337 g/mol. The van der Waals surface area contributed by atoms with Gasteiger partial charge in [-0.2, -0.15) is 0 Å². The van der Waals surface area contributed by atoms with Gasteiger partial charge in [0.1, 0.15) is 0 Å². The molecule has 118 valence electrons. The number of benzene rings is 1. The van der Waals surface area contributed by atoms with Gasteiger partial charge in [0.05, 0.1) is 11.3 Å². The highest BCUT2D eigenvalue weighted by Crippen LogP contribution is 2.26. The summed E-state index contributed by atoms with van der Waals surface area (Å²) in [6.45, 7) is 0. The highest BCUT2D eigenvalue weighted by atomic mass is 32.2. The molecule has 0 bridgehead atoms. The van der Waals surface area contributed by atoms with Gasteiger partial charge in [-0.15, -0.1) is 20.4 Å². The maximum atomic E-state index is 5.64. The molecule has 0 amide bonds. The molecule has 0 spiro atoms. The summed E-state index contributed by atoms with van der Waals surface area (Å²) in [4.78, 5) is 4.03. The van der Waals surface area contributed by atoms with E-state index < -0.39 is 0 Å². The first-order valence-electron chi connectivity index (χ1n) is 7.13. The van der Waals surface area contributed by atoms with Crippen molar-refractivity contribution >= 4 is 11.8 Å². The first-order chi connectivity index (χ1) is 11.9. The third-order valence-corrected chi connectivity index (χ3v) is 3.92. The number of nitrogens with zero attached hydrogens (tertiary/aromatic N) is 5. The van der Waals surface area contributed by atoms with Crippen molar-refractivity contribution in [1.29, 1.82) is 0 Å². The van der Waals surface area contributed by atoms with Crippen molar-refractivity contribution in [3.8, 4) is 22.9 Å². The van der Waals surface area contributed by atoms with Crippen molar-refractivity contribution in [2.45, 2.75) is 11.0 Å². The van der Waals surface area contributed by atoms with Crippen LogP contribution in [0.3, 0.4) is 0 Å². The minimum Gasteiger partial charge on any atom is -0.420 e. The van der Waals surface area contributed by atoms with Crippen LogP contribution in [-0.2, 0) is 5.75 Å². The van der Waals surface area contributed by atoms with E-state index >= 15 is 0 Å². The summed E-state index contributed by atoms with van der Waals surface area (Å²) >= 11 is 1.34. The Hall–Kier alpha value is -3.00. The average Bonchev–Trinajstić information content (AvgIpc) is 3.31. The zero-order valence-electron chi connectivity index (χ0n) is 12.4. The zero-order chi connectivity index (χ0) is 16.2. The van der Waals surface area contributed by atoms with Gasteiger partial charge in [-0.1, -0.05) is 30.0 Å². The van der Waals surface area contributed by atoms with Gasteiger partial charge < -0.3 is 8.83 Å². The van der Waals surface area contributed by atoms with E-state index in [0.717, 1.165) is 11.1 Å². The lowest BCUT2D eigenvalue weighted by Crippen LogP contribution is -1.80. The molecule has 7 nitrogen and oxygen atoms in total. The van der Waals surface area contributed by atoms with Gasteiger partial charge in [0, 0.05) is 18.0 Å². The molecule has 4 rings (SSSR count). The Morgan fingerprint density at radius 3 is 2.42 bits per heavy atom. The Labute approximate surface area is 141 Å². The summed E-state index contributed by atoms with van der Waals surface area (Å²) in [7, 11) is 0. The van der Waals surface area contributed by atoms with Gasteiger partial charge in [0.25, 0.3) is 5.22 Å². The topological polar surface area (TPSA) is 90.7 Å². The predicted octanol–water partition coefficient (Wildman–Crippen LogP) is 3.47. The molecule has 0 aliphatic rings. The highest BCUT2D eigenvalue weighted by molar-refractivity contribution is 7.98. The maximum Gasteiger partial charge on any atom is 0.277 e. The fourth-order valence-corrected chi connectivity index (χ4v) is 2.61. The van der Waals surface area contributed by atoms with Gasteiger partial charge >= 0.3 is 0 Å². The molecule has 3 heterocycles. The summed E-state index contributed by atoms with van der Waals surface area (Å²) in [5.41, 5.74) is 1.67. The van der Waals surface area contributed by atoms with Gasteiger partial charge in [-0.25, -0.2) is 0 Å². The average molecular weight is 337 g/mol. The molecule has 24 heavy (non-hydrogen) atoms. The van der Waals surface area contributed by atoms with Crippen LogP contribution in [-0.4, -0.2) is 25.4 Å². The molecule has 0 radical (unpaired) electrons. The normalized spacial score (nSPS) is 10.8. The van der Waals surface area contributed by atoms with Crippen LogP contribution in [0.2, 0.25) is 0 Å². The fraction of sp³-hybridized carbons (Fsp3) is 0.0625. The highest BCUT2D eigenvalue weighted by Gasteiger charge is 2.12. The molecular formula is C16H11N5O2S. The number of rotatable bonds is 5. The van der Waals surface area contributed by atoms with Crippen LogP contribution >= 0.6 is 11.8 Å². The standard InChI is InChI=1S/C16H11N5O2S/c1-2-5-11(6-3-1)14-19-18-13(22-14)10-24-16-21-20-15(23-16)12-7-4-8-17-9-12/h1-9H,10H2. The predicted molar refractivity (Wildman–Crippen MR) is 86.8 cm³/mol. The number of aromatic nitrogens is 5. The van der Waals surface area contributed by atoms with E-state index in [4.69, 9.17) is 8.83 Å². The summed E-state index contributed by atoms with van der Waals surface area (Å²) in [5.74, 6) is 1.88. The van der Waals surface area contributed by atoms with Crippen molar-refractivity contribution in [2.24, 2.45) is 0 Å². The summed E-state index contributed by atoms with van der Waals surface area (Å²) in [6, 6.07) is 13.3. The van der Waals surface area contributed by atoms with E-state index in [0.29, 0.717) is 28.6 Å². The lowest BCUT2D eigenvalue weighted by molar-refractivity contribution is 0.464. The second-order valence-corrected chi connectivity index (χ2v) is 5.70. The van der Waals surface area contributed by atoms with Crippen LogP contribution in [0.5, 0.6) is 0 Å².